The first-order valence-electron chi connectivity index (χ1n) is 11.6. The van der Waals surface area contributed by atoms with E-state index in [1.165, 1.54) is 5.56 Å². The Morgan fingerprint density at radius 3 is 1.89 bits per heavy atom. The van der Waals surface area contributed by atoms with E-state index in [-0.39, 0.29) is 5.78 Å². The number of rotatable bonds is 6. The summed E-state index contributed by atoms with van der Waals surface area (Å²) in [4.78, 5) is 18.7. The first kappa shape index (κ1) is 22.3. The minimum Gasteiger partial charge on any atom is -0.437 e. The number of carbonyl (C=O) groups is 1. The number of ketones is 1. The number of carbonyl (C=O) groups excluding carboxylic acids is 1. The summed E-state index contributed by atoms with van der Waals surface area (Å²) in [6.07, 6.45) is 1.78. The molecule has 35 heavy (non-hydrogen) atoms. The number of benzene rings is 4. The van der Waals surface area contributed by atoms with Crippen LogP contribution >= 0.6 is 0 Å². The molecule has 0 atom stereocenters. The van der Waals surface area contributed by atoms with Crippen molar-refractivity contribution in [2.45, 2.75) is 13.8 Å². The molecule has 1 heterocycles. The van der Waals surface area contributed by atoms with Gasteiger partial charge < -0.3 is 4.42 Å². The van der Waals surface area contributed by atoms with Gasteiger partial charge in [-0.25, -0.2) is 4.99 Å². The molecule has 5 aromatic rings. The van der Waals surface area contributed by atoms with Crippen LogP contribution in [0.1, 0.15) is 32.6 Å². The summed E-state index contributed by atoms with van der Waals surface area (Å²) < 4.78 is 6.39. The third-order valence-electron chi connectivity index (χ3n) is 5.94. The molecule has 0 spiro atoms. The van der Waals surface area contributed by atoms with Gasteiger partial charge >= 0.3 is 0 Å². The van der Waals surface area contributed by atoms with E-state index >= 15 is 0 Å². The molecule has 0 saturated carbocycles. The first-order valence-corrected chi connectivity index (χ1v) is 11.6. The molecule has 5 rings (SSSR count). The molecule has 170 valence electrons. The maximum Gasteiger partial charge on any atom is 0.228 e. The number of hydrogen-bond acceptors (Lipinski definition) is 3. The molecule has 0 amide bonds. The number of nitrogens with zero attached hydrogens (tertiary/aromatic N) is 1. The summed E-state index contributed by atoms with van der Waals surface area (Å²) in [5, 5.41) is 0. The summed E-state index contributed by atoms with van der Waals surface area (Å²) in [5.41, 5.74) is 6.81. The normalized spacial score (nSPS) is 11.1. The van der Waals surface area contributed by atoms with E-state index < -0.39 is 0 Å². The SMILES string of the molecule is Cc1ccc(C=Nc2oc(-c3ccccc3)c(C(=O)c3ccccc3)c2-c2ccc(C)cc2)cc1. The van der Waals surface area contributed by atoms with Crippen LogP contribution in [0.4, 0.5) is 5.88 Å². The molecule has 0 fully saturated rings. The van der Waals surface area contributed by atoms with Crippen molar-refractivity contribution in [1.29, 1.82) is 0 Å². The van der Waals surface area contributed by atoms with Gasteiger partial charge in [-0.05, 0) is 25.0 Å². The lowest BCUT2D eigenvalue weighted by molar-refractivity contribution is 0.103. The highest BCUT2D eigenvalue weighted by molar-refractivity contribution is 6.17. The third kappa shape index (κ3) is 4.75. The zero-order chi connectivity index (χ0) is 24.2. The van der Waals surface area contributed by atoms with Crippen LogP contribution in [-0.4, -0.2) is 12.0 Å². The Labute approximate surface area is 205 Å². The second-order valence-electron chi connectivity index (χ2n) is 8.58. The predicted octanol–water partition coefficient (Wildman–Crippen LogP) is 8.21. The lowest BCUT2D eigenvalue weighted by Gasteiger charge is -2.07. The molecule has 0 unspecified atom stereocenters. The van der Waals surface area contributed by atoms with E-state index in [1.807, 2.05) is 116 Å². The Kier molecular flexibility index (Phi) is 6.23. The molecule has 0 aliphatic carbocycles. The zero-order valence-electron chi connectivity index (χ0n) is 19.7. The molecular weight excluding hydrogens is 430 g/mol. The molecule has 0 aliphatic rings. The molecule has 4 aromatic carbocycles. The standard InChI is InChI=1S/C32H25NO2/c1-22-13-17-24(18-14-22)21-33-32-28(25-19-15-23(2)16-20-25)29(30(34)26-9-5-3-6-10-26)31(35-32)27-11-7-4-8-12-27/h3-21H,1-2H3. The summed E-state index contributed by atoms with van der Waals surface area (Å²) in [6, 6.07) is 35.3. The van der Waals surface area contributed by atoms with Crippen molar-refractivity contribution < 1.29 is 9.21 Å². The van der Waals surface area contributed by atoms with Gasteiger partial charge in [0.25, 0.3) is 0 Å². The van der Waals surface area contributed by atoms with Crippen LogP contribution in [-0.2, 0) is 0 Å². The Morgan fingerprint density at radius 1 is 0.686 bits per heavy atom. The van der Waals surface area contributed by atoms with Crippen LogP contribution in [0, 0.1) is 13.8 Å². The molecule has 0 aliphatic heterocycles. The van der Waals surface area contributed by atoms with Crippen molar-refractivity contribution in [3.8, 4) is 22.5 Å². The summed E-state index contributed by atoms with van der Waals surface area (Å²) in [6.45, 7) is 4.09. The third-order valence-corrected chi connectivity index (χ3v) is 5.94. The van der Waals surface area contributed by atoms with Gasteiger partial charge in [0.05, 0.1) is 11.1 Å². The Hall–Kier alpha value is -4.50. The highest BCUT2D eigenvalue weighted by atomic mass is 16.4. The lowest BCUT2D eigenvalue weighted by Crippen LogP contribution is -2.03. The minimum atomic E-state index is -0.0967. The fourth-order valence-corrected chi connectivity index (χ4v) is 4.03. The van der Waals surface area contributed by atoms with Crippen molar-refractivity contribution >= 4 is 17.9 Å². The average Bonchev–Trinajstić information content (AvgIpc) is 3.29. The highest BCUT2D eigenvalue weighted by Crippen LogP contribution is 2.44. The van der Waals surface area contributed by atoms with E-state index in [0.717, 1.165) is 22.3 Å². The Balaban J connectivity index is 1.76. The van der Waals surface area contributed by atoms with Crippen LogP contribution in [0.25, 0.3) is 22.5 Å². The minimum absolute atomic E-state index is 0.0967. The Morgan fingerprint density at radius 2 is 1.26 bits per heavy atom. The largest absolute Gasteiger partial charge is 0.437 e. The van der Waals surface area contributed by atoms with Crippen molar-refractivity contribution in [2.24, 2.45) is 4.99 Å². The fraction of sp³-hybridized carbons (Fsp3) is 0.0625. The number of hydrogen-bond donors (Lipinski definition) is 0. The smallest absolute Gasteiger partial charge is 0.228 e. The number of furan rings is 1. The molecule has 0 saturated heterocycles. The molecule has 3 nitrogen and oxygen atoms in total. The van der Waals surface area contributed by atoms with Gasteiger partial charge in [-0.15, -0.1) is 0 Å². The molecule has 3 heteroatoms. The van der Waals surface area contributed by atoms with E-state index in [1.54, 1.807) is 6.21 Å². The van der Waals surface area contributed by atoms with Gasteiger partial charge in [-0.3, -0.25) is 4.79 Å². The van der Waals surface area contributed by atoms with Crippen molar-refractivity contribution in [3.05, 3.63) is 137 Å². The molecular formula is C32H25NO2. The monoisotopic (exact) mass is 455 g/mol. The topological polar surface area (TPSA) is 42.6 Å². The summed E-state index contributed by atoms with van der Waals surface area (Å²) in [5.74, 6) is 0.833. The summed E-state index contributed by atoms with van der Waals surface area (Å²) in [7, 11) is 0. The molecule has 0 bridgehead atoms. The first-order chi connectivity index (χ1) is 17.1. The van der Waals surface area contributed by atoms with E-state index in [2.05, 4.69) is 6.92 Å². The van der Waals surface area contributed by atoms with Crippen molar-refractivity contribution in [1.82, 2.24) is 0 Å². The maximum atomic E-state index is 13.9. The average molecular weight is 456 g/mol. The quantitative estimate of drug-likeness (QED) is 0.191. The van der Waals surface area contributed by atoms with Gasteiger partial charge in [0.1, 0.15) is 5.76 Å². The van der Waals surface area contributed by atoms with Crippen LogP contribution in [0.5, 0.6) is 0 Å². The Bertz CT molecular complexity index is 1480. The van der Waals surface area contributed by atoms with E-state index in [4.69, 9.17) is 9.41 Å². The molecule has 1 aromatic heterocycles. The summed E-state index contributed by atoms with van der Waals surface area (Å²) >= 11 is 0. The number of aliphatic imine (C=N–C) groups is 1. The van der Waals surface area contributed by atoms with Crippen molar-refractivity contribution in [2.75, 3.05) is 0 Å². The van der Waals surface area contributed by atoms with E-state index in [0.29, 0.717) is 28.3 Å². The van der Waals surface area contributed by atoms with Crippen molar-refractivity contribution in [3.63, 3.8) is 0 Å². The molecule has 0 N–H and O–H groups in total. The predicted molar refractivity (Wildman–Crippen MR) is 143 cm³/mol. The van der Waals surface area contributed by atoms with Gasteiger partial charge in [-0.1, -0.05) is 120 Å². The van der Waals surface area contributed by atoms with Gasteiger partial charge in [0, 0.05) is 17.3 Å². The van der Waals surface area contributed by atoms with Crippen LogP contribution in [0.15, 0.2) is 119 Å². The zero-order valence-corrected chi connectivity index (χ0v) is 19.7. The lowest BCUT2D eigenvalue weighted by atomic mass is 9.93. The van der Waals surface area contributed by atoms with Crippen LogP contribution < -0.4 is 0 Å². The molecule has 0 radical (unpaired) electrons. The number of aryl methyl sites for hydroxylation is 2. The highest BCUT2D eigenvalue weighted by Gasteiger charge is 2.28. The van der Waals surface area contributed by atoms with E-state index in [9.17, 15) is 4.79 Å². The van der Waals surface area contributed by atoms with Crippen LogP contribution in [0.2, 0.25) is 0 Å². The fourth-order valence-electron chi connectivity index (χ4n) is 4.03. The second-order valence-corrected chi connectivity index (χ2v) is 8.58. The van der Waals surface area contributed by atoms with Crippen LogP contribution in [0.3, 0.4) is 0 Å². The van der Waals surface area contributed by atoms with Gasteiger partial charge in [0.2, 0.25) is 5.88 Å². The second kappa shape index (κ2) is 9.78. The van der Waals surface area contributed by atoms with Gasteiger partial charge in [-0.2, -0.15) is 0 Å². The maximum absolute atomic E-state index is 13.9. The van der Waals surface area contributed by atoms with Gasteiger partial charge in [0.15, 0.2) is 5.78 Å².